The Hall–Kier alpha value is -0.260. The second-order valence-corrected chi connectivity index (χ2v) is 8.07. The van der Waals surface area contributed by atoms with Gasteiger partial charge in [-0.1, -0.05) is 6.92 Å². The van der Waals surface area contributed by atoms with Gasteiger partial charge < -0.3 is 9.47 Å². The van der Waals surface area contributed by atoms with Gasteiger partial charge in [0, 0.05) is 0 Å². The molecule has 1 heterocycles. The van der Waals surface area contributed by atoms with E-state index in [2.05, 4.69) is 8.37 Å². The van der Waals surface area contributed by atoms with Crippen molar-refractivity contribution >= 4 is 20.2 Å². The molecule has 0 amide bonds. The predicted molar refractivity (Wildman–Crippen MR) is 70.0 cm³/mol. The Morgan fingerprint density at radius 2 is 1.30 bits per heavy atom. The van der Waals surface area contributed by atoms with Crippen molar-refractivity contribution < 1.29 is 34.7 Å². The van der Waals surface area contributed by atoms with E-state index in [9.17, 15) is 16.8 Å². The van der Waals surface area contributed by atoms with E-state index >= 15 is 0 Å². The van der Waals surface area contributed by atoms with Crippen LogP contribution in [-0.2, 0) is 38.1 Å². The molecule has 0 aromatic carbocycles. The van der Waals surface area contributed by atoms with E-state index < -0.39 is 38.2 Å². The van der Waals surface area contributed by atoms with Crippen molar-refractivity contribution in [1.29, 1.82) is 0 Å². The van der Waals surface area contributed by atoms with Gasteiger partial charge in [0.1, 0.15) is 12.2 Å². The molecule has 1 fully saturated rings. The summed E-state index contributed by atoms with van der Waals surface area (Å²) in [5.74, 6) is -0.920. The summed E-state index contributed by atoms with van der Waals surface area (Å²) in [6.45, 7) is 2.99. The van der Waals surface area contributed by atoms with Gasteiger partial charge >= 0.3 is 0 Å². The van der Waals surface area contributed by atoms with Crippen LogP contribution < -0.4 is 0 Å². The third-order valence-corrected chi connectivity index (χ3v) is 3.88. The molecule has 0 aromatic rings. The van der Waals surface area contributed by atoms with Crippen LogP contribution >= 0.6 is 0 Å². The van der Waals surface area contributed by atoms with E-state index in [0.29, 0.717) is 6.42 Å². The maximum atomic E-state index is 11.0. The number of hydrogen-bond donors (Lipinski definition) is 0. The molecule has 120 valence electrons. The molecular weight excluding hydrogens is 312 g/mol. The molecule has 1 saturated heterocycles. The lowest BCUT2D eigenvalue weighted by molar-refractivity contribution is -0.166. The Morgan fingerprint density at radius 1 is 0.950 bits per heavy atom. The fourth-order valence-corrected chi connectivity index (χ4v) is 2.41. The third-order valence-electron chi connectivity index (χ3n) is 2.75. The Labute approximate surface area is 119 Å². The summed E-state index contributed by atoms with van der Waals surface area (Å²) in [5.41, 5.74) is 0. The zero-order valence-electron chi connectivity index (χ0n) is 11.9. The van der Waals surface area contributed by atoms with Crippen LogP contribution in [0.4, 0.5) is 0 Å². The van der Waals surface area contributed by atoms with Crippen LogP contribution in [0.2, 0.25) is 0 Å². The fraction of sp³-hybridized carbons (Fsp3) is 1.00. The first-order valence-corrected chi connectivity index (χ1v) is 9.62. The minimum atomic E-state index is -3.62. The molecule has 8 nitrogen and oxygen atoms in total. The minimum absolute atomic E-state index is 0.258. The summed E-state index contributed by atoms with van der Waals surface area (Å²) in [6, 6.07) is 0. The highest BCUT2D eigenvalue weighted by Gasteiger charge is 2.44. The molecule has 0 aromatic heterocycles. The molecule has 20 heavy (non-hydrogen) atoms. The highest BCUT2D eigenvalue weighted by atomic mass is 32.2. The highest BCUT2D eigenvalue weighted by molar-refractivity contribution is 7.86. The lowest BCUT2D eigenvalue weighted by Gasteiger charge is -2.21. The predicted octanol–water partition coefficient (Wildman–Crippen LogP) is -0.151. The largest absolute Gasteiger partial charge is 0.342 e. The van der Waals surface area contributed by atoms with E-state index in [0.717, 1.165) is 12.5 Å². The molecule has 0 aliphatic carbocycles. The molecule has 0 saturated carbocycles. The smallest absolute Gasteiger partial charge is 0.264 e. The van der Waals surface area contributed by atoms with Crippen LogP contribution in [-0.4, -0.2) is 60.6 Å². The quantitative estimate of drug-likeness (QED) is 0.593. The molecule has 1 rings (SSSR count). The molecule has 1 aliphatic heterocycles. The van der Waals surface area contributed by atoms with Crippen LogP contribution in [0, 0.1) is 0 Å². The van der Waals surface area contributed by atoms with Gasteiger partial charge in [0.15, 0.2) is 5.79 Å². The van der Waals surface area contributed by atoms with Crippen molar-refractivity contribution in [3.05, 3.63) is 0 Å². The normalized spacial score (nSPS) is 26.8. The van der Waals surface area contributed by atoms with Gasteiger partial charge in [0.2, 0.25) is 0 Å². The van der Waals surface area contributed by atoms with Gasteiger partial charge in [0.25, 0.3) is 20.2 Å². The molecule has 0 N–H and O–H groups in total. The summed E-state index contributed by atoms with van der Waals surface area (Å²) in [6.07, 6.45) is 0.902. The Bertz CT molecular complexity index is 479. The summed E-state index contributed by atoms with van der Waals surface area (Å²) in [7, 11) is -7.23. The maximum Gasteiger partial charge on any atom is 0.264 e. The van der Waals surface area contributed by atoms with Crippen molar-refractivity contribution in [2.24, 2.45) is 0 Å². The lowest BCUT2D eigenvalue weighted by atomic mass is 10.2. The van der Waals surface area contributed by atoms with Crippen LogP contribution in [0.25, 0.3) is 0 Å². The van der Waals surface area contributed by atoms with Gasteiger partial charge in [0.05, 0.1) is 25.7 Å². The van der Waals surface area contributed by atoms with E-state index in [1.165, 1.54) is 0 Å². The van der Waals surface area contributed by atoms with Crippen molar-refractivity contribution in [2.45, 2.75) is 38.3 Å². The van der Waals surface area contributed by atoms with Crippen LogP contribution in [0.5, 0.6) is 0 Å². The fourth-order valence-electron chi connectivity index (χ4n) is 1.65. The molecule has 10 heteroatoms. The monoisotopic (exact) mass is 332 g/mol. The average molecular weight is 332 g/mol. The maximum absolute atomic E-state index is 11.0. The zero-order chi connectivity index (χ0) is 15.6. The summed E-state index contributed by atoms with van der Waals surface area (Å²) < 4.78 is 64.5. The second kappa shape index (κ2) is 6.24. The number of ether oxygens (including phenoxy) is 2. The average Bonchev–Trinajstić information content (AvgIpc) is 2.60. The van der Waals surface area contributed by atoms with Crippen LogP contribution in [0.3, 0.4) is 0 Å². The molecule has 0 radical (unpaired) electrons. The molecule has 0 bridgehead atoms. The van der Waals surface area contributed by atoms with Gasteiger partial charge in [-0.05, 0) is 13.3 Å². The first kappa shape index (κ1) is 17.8. The van der Waals surface area contributed by atoms with Crippen LogP contribution in [0.1, 0.15) is 20.3 Å². The van der Waals surface area contributed by atoms with Crippen molar-refractivity contribution in [3.63, 3.8) is 0 Å². The first-order chi connectivity index (χ1) is 8.94. The van der Waals surface area contributed by atoms with Gasteiger partial charge in [-0.2, -0.15) is 16.8 Å². The number of rotatable bonds is 7. The highest BCUT2D eigenvalue weighted by Crippen LogP contribution is 2.32. The Balaban J connectivity index is 2.71. The molecular formula is C10H20O8S2. The molecule has 1 aliphatic rings. The first-order valence-electron chi connectivity index (χ1n) is 5.98. The molecule has 0 spiro atoms. The summed E-state index contributed by atoms with van der Waals surface area (Å²) in [4.78, 5) is 0. The lowest BCUT2D eigenvalue weighted by Crippen LogP contribution is -2.33. The standard InChI is InChI=1S/C10H20O8S2/c1-5-10(2)17-8(6-15-19(3,11)12)9(18-10)7-16-20(4,13)14/h8-9H,5-7H2,1-4H3/t8-,9-/m1/s1. The van der Waals surface area contributed by atoms with Crippen molar-refractivity contribution in [3.8, 4) is 0 Å². The van der Waals surface area contributed by atoms with Gasteiger partial charge in [-0.15, -0.1) is 0 Å². The van der Waals surface area contributed by atoms with Crippen molar-refractivity contribution in [2.75, 3.05) is 25.7 Å². The van der Waals surface area contributed by atoms with Gasteiger partial charge in [-0.3, -0.25) is 8.37 Å². The van der Waals surface area contributed by atoms with E-state index in [1.807, 2.05) is 6.92 Å². The Kier molecular flexibility index (Phi) is 5.55. The minimum Gasteiger partial charge on any atom is -0.342 e. The molecule has 0 unspecified atom stereocenters. The van der Waals surface area contributed by atoms with Gasteiger partial charge in [-0.25, -0.2) is 0 Å². The van der Waals surface area contributed by atoms with Crippen molar-refractivity contribution in [1.82, 2.24) is 0 Å². The third kappa shape index (κ3) is 6.02. The summed E-state index contributed by atoms with van der Waals surface area (Å²) in [5, 5.41) is 0. The zero-order valence-corrected chi connectivity index (χ0v) is 13.5. The number of hydrogen-bond acceptors (Lipinski definition) is 8. The topological polar surface area (TPSA) is 105 Å². The van der Waals surface area contributed by atoms with E-state index in [-0.39, 0.29) is 13.2 Å². The second-order valence-electron chi connectivity index (χ2n) is 4.78. The van der Waals surface area contributed by atoms with Crippen LogP contribution in [0.15, 0.2) is 0 Å². The SMILES string of the molecule is CCC1(C)O[C@H](COS(C)(=O)=O)[C@@H](COS(C)(=O)=O)O1. The Morgan fingerprint density at radius 3 is 1.55 bits per heavy atom. The molecule has 2 atom stereocenters. The van der Waals surface area contributed by atoms with E-state index in [4.69, 9.17) is 9.47 Å². The van der Waals surface area contributed by atoms with E-state index in [1.54, 1.807) is 6.92 Å². The summed E-state index contributed by atoms with van der Waals surface area (Å²) >= 11 is 0.